The lowest BCUT2D eigenvalue weighted by Crippen LogP contribution is -2.40. The molecule has 0 atom stereocenters. The van der Waals surface area contributed by atoms with Crippen molar-refractivity contribution in [2.45, 2.75) is 39.0 Å². The third kappa shape index (κ3) is 11.9. The Labute approximate surface area is 293 Å². The normalized spacial score (nSPS) is 18.2. The van der Waals surface area contributed by atoms with E-state index in [9.17, 15) is 0 Å². The molecule has 0 amide bonds. The van der Waals surface area contributed by atoms with Crippen LogP contribution in [0.2, 0.25) is 0 Å². The molecule has 1 aliphatic carbocycles. The Balaban J connectivity index is 1.04. The first kappa shape index (κ1) is 35.4. The van der Waals surface area contributed by atoms with Gasteiger partial charge in [-0.15, -0.1) is 0 Å². The molecule has 0 saturated carbocycles. The number of nitrogens with zero attached hydrogens (tertiary/aromatic N) is 1. The van der Waals surface area contributed by atoms with Crippen LogP contribution in [0.25, 0.3) is 21.5 Å². The van der Waals surface area contributed by atoms with Crippen molar-refractivity contribution in [1.29, 1.82) is 0 Å². The monoisotopic (exact) mass is 660 g/mol. The predicted molar refractivity (Wildman–Crippen MR) is 206 cm³/mol. The summed E-state index contributed by atoms with van der Waals surface area (Å²) in [4.78, 5) is 2.59. The van der Waals surface area contributed by atoms with E-state index in [2.05, 4.69) is 129 Å². The quantitative estimate of drug-likeness (QED) is 0.168. The fraction of sp³-hybridized carbons (Fsp3) is 0.429. The summed E-state index contributed by atoms with van der Waals surface area (Å²) in [6.45, 7) is 13.7. The van der Waals surface area contributed by atoms with Gasteiger partial charge < -0.3 is 31.3 Å². The van der Waals surface area contributed by atoms with Crippen LogP contribution in [0.1, 0.15) is 35.1 Å². The van der Waals surface area contributed by atoms with Gasteiger partial charge in [-0.2, -0.15) is 0 Å². The first-order valence-corrected chi connectivity index (χ1v) is 18.5. The van der Waals surface area contributed by atoms with Crippen LogP contribution < -0.4 is 26.6 Å². The molecule has 7 nitrogen and oxygen atoms in total. The van der Waals surface area contributed by atoms with Crippen LogP contribution in [0.4, 0.5) is 0 Å². The third-order valence-electron chi connectivity index (χ3n) is 9.63. The Kier molecular flexibility index (Phi) is 14.2. The first-order chi connectivity index (χ1) is 24.3. The van der Waals surface area contributed by atoms with Crippen molar-refractivity contribution in [3.63, 3.8) is 0 Å². The van der Waals surface area contributed by atoms with Crippen LogP contribution in [-0.2, 0) is 30.9 Å². The summed E-state index contributed by atoms with van der Waals surface area (Å²) in [5.41, 5.74) is 5.27. The van der Waals surface area contributed by atoms with Gasteiger partial charge in [-0.1, -0.05) is 72.8 Å². The topological polar surface area (TPSA) is 72.6 Å². The lowest BCUT2D eigenvalue weighted by molar-refractivity contribution is 0.137. The van der Waals surface area contributed by atoms with Gasteiger partial charge in [-0.3, -0.25) is 4.90 Å². The molecule has 7 heteroatoms. The summed E-state index contributed by atoms with van der Waals surface area (Å²) in [6, 6.07) is 27.3. The molecule has 0 spiro atoms. The van der Waals surface area contributed by atoms with E-state index in [1.54, 1.807) is 0 Å². The minimum Gasteiger partial charge on any atom is -0.379 e. The Morgan fingerprint density at radius 3 is 1.49 bits per heavy atom. The van der Waals surface area contributed by atoms with E-state index in [1.807, 2.05) is 0 Å². The second-order valence-electron chi connectivity index (χ2n) is 13.5. The van der Waals surface area contributed by atoms with E-state index < -0.39 is 0 Å². The minimum atomic E-state index is 0.629. The third-order valence-corrected chi connectivity index (χ3v) is 9.63. The molecule has 8 heterocycles. The summed E-state index contributed by atoms with van der Waals surface area (Å²) in [7, 11) is 0. The van der Waals surface area contributed by atoms with Gasteiger partial charge in [0, 0.05) is 78.5 Å². The molecule has 13 rings (SSSR count). The molecule has 9 aliphatic rings. The van der Waals surface area contributed by atoms with Crippen LogP contribution in [0, 0.1) is 5.92 Å². The molecule has 0 aromatic heterocycles. The van der Waals surface area contributed by atoms with E-state index in [4.69, 9.17) is 4.74 Å². The molecule has 8 aliphatic heterocycles. The van der Waals surface area contributed by atoms with Crippen molar-refractivity contribution < 1.29 is 4.74 Å². The van der Waals surface area contributed by atoms with Crippen LogP contribution in [0.3, 0.4) is 0 Å². The lowest BCUT2D eigenvalue weighted by atomic mass is 10.0. The van der Waals surface area contributed by atoms with Crippen molar-refractivity contribution in [2.75, 3.05) is 72.1 Å². The second-order valence-corrected chi connectivity index (χ2v) is 13.5. The van der Waals surface area contributed by atoms with Gasteiger partial charge in [0.1, 0.15) is 0 Å². The van der Waals surface area contributed by atoms with E-state index >= 15 is 0 Å². The molecular weight excluding hydrogens is 605 g/mol. The maximum Gasteiger partial charge on any atom is 0.0591 e. The SMILES string of the molecule is C1=CC(CCCNCCN2CCNCc3ccc4cc(ccc4c3)CNCCOCCNCc3ccc4cc(ccc4c3)CNCC2)C=C1. The standard InChI is InChI=1S/C42H56N6O/c1-2-5-34(4-1)6-3-15-43-16-21-48-22-17-44-30-35-7-11-41-28-37(9-13-39(41)26-35)32-46-19-24-49-25-20-47-33-38-10-14-40-27-36(31-45-18-23-48)8-12-42(40)29-38/h1-2,4-5,7-14,26-29,34,43-47H,3,6,15-25,30-33H2. The number of nitrogens with one attached hydrogen (secondary N) is 5. The molecular formula is C42H56N6O. The van der Waals surface area contributed by atoms with Crippen LogP contribution in [0.5, 0.6) is 0 Å². The highest BCUT2D eigenvalue weighted by Gasteiger charge is 2.07. The molecule has 4 aromatic rings. The predicted octanol–water partition coefficient (Wildman–Crippen LogP) is 5.50. The first-order valence-electron chi connectivity index (χ1n) is 18.5. The lowest BCUT2D eigenvalue weighted by Gasteiger charge is -2.23. The van der Waals surface area contributed by atoms with Gasteiger partial charge in [0.15, 0.2) is 0 Å². The van der Waals surface area contributed by atoms with Crippen LogP contribution in [0.15, 0.2) is 97.1 Å². The largest absolute Gasteiger partial charge is 0.379 e. The molecule has 260 valence electrons. The fourth-order valence-corrected chi connectivity index (χ4v) is 6.76. The zero-order chi connectivity index (χ0) is 33.4. The van der Waals surface area contributed by atoms with Crippen molar-refractivity contribution in [3.8, 4) is 0 Å². The Morgan fingerprint density at radius 2 is 1.02 bits per heavy atom. The summed E-state index contributed by atoms with van der Waals surface area (Å²) in [6.07, 6.45) is 11.4. The van der Waals surface area contributed by atoms with Gasteiger partial charge in [-0.25, -0.2) is 0 Å². The average Bonchev–Trinajstić information content (AvgIpc) is 3.65. The number of allylic oxidation sites excluding steroid dienone is 4. The molecule has 0 saturated heterocycles. The number of rotatable bonds is 7. The van der Waals surface area contributed by atoms with E-state index in [-0.39, 0.29) is 0 Å². The van der Waals surface area contributed by atoms with Crippen molar-refractivity contribution in [2.24, 2.45) is 5.92 Å². The summed E-state index contributed by atoms with van der Waals surface area (Å²) in [5.74, 6) is 0.629. The summed E-state index contributed by atoms with van der Waals surface area (Å²) >= 11 is 0. The molecule has 5 N–H and O–H groups in total. The summed E-state index contributed by atoms with van der Waals surface area (Å²) in [5, 5.41) is 23.4. The zero-order valence-electron chi connectivity index (χ0n) is 29.2. The van der Waals surface area contributed by atoms with E-state index in [0.717, 1.165) is 85.1 Å². The molecule has 4 aromatic carbocycles. The van der Waals surface area contributed by atoms with Crippen molar-refractivity contribution in [3.05, 3.63) is 119 Å². The van der Waals surface area contributed by atoms with Gasteiger partial charge in [-0.05, 0) is 93.4 Å². The smallest absolute Gasteiger partial charge is 0.0591 e. The van der Waals surface area contributed by atoms with E-state index in [1.165, 1.54) is 56.6 Å². The Morgan fingerprint density at radius 1 is 0.571 bits per heavy atom. The molecule has 0 radical (unpaired) electrons. The van der Waals surface area contributed by atoms with Gasteiger partial charge in [0.05, 0.1) is 13.2 Å². The van der Waals surface area contributed by atoms with Gasteiger partial charge >= 0.3 is 0 Å². The Bertz CT molecular complexity index is 1540. The fourth-order valence-electron chi connectivity index (χ4n) is 6.76. The minimum absolute atomic E-state index is 0.629. The van der Waals surface area contributed by atoms with Gasteiger partial charge in [0.2, 0.25) is 0 Å². The zero-order valence-corrected chi connectivity index (χ0v) is 29.2. The molecule has 49 heavy (non-hydrogen) atoms. The van der Waals surface area contributed by atoms with Crippen molar-refractivity contribution in [1.82, 2.24) is 31.5 Å². The number of hydrogen-bond acceptors (Lipinski definition) is 7. The highest BCUT2D eigenvalue weighted by molar-refractivity contribution is 5.84. The summed E-state index contributed by atoms with van der Waals surface area (Å²) < 4.78 is 5.86. The molecule has 0 fully saturated rings. The maximum atomic E-state index is 5.86. The highest BCUT2D eigenvalue weighted by Crippen LogP contribution is 2.20. The highest BCUT2D eigenvalue weighted by atomic mass is 16.5. The maximum absolute atomic E-state index is 5.86. The second kappa shape index (κ2) is 19.7. The average molecular weight is 661 g/mol. The van der Waals surface area contributed by atoms with E-state index in [0.29, 0.717) is 19.1 Å². The van der Waals surface area contributed by atoms with Crippen molar-refractivity contribution >= 4 is 21.5 Å². The van der Waals surface area contributed by atoms with Crippen LogP contribution in [-0.4, -0.2) is 77.0 Å². The van der Waals surface area contributed by atoms with Gasteiger partial charge in [0.25, 0.3) is 0 Å². The molecule has 0 unspecified atom stereocenters. The Hall–Kier alpha value is -3.40. The van der Waals surface area contributed by atoms with Crippen LogP contribution >= 0.6 is 0 Å². The number of ether oxygens (including phenoxy) is 1. The molecule has 8 bridgehead atoms. The number of hydrogen-bond donors (Lipinski definition) is 5. The number of benzene rings is 4.